The summed E-state index contributed by atoms with van der Waals surface area (Å²) in [6.07, 6.45) is 5.41. The SMILES string of the molecule is Fc1ccc(C(CN2CCNCC2)C2CCCC2)cc1. The fourth-order valence-electron chi connectivity index (χ4n) is 3.77. The molecule has 1 aliphatic heterocycles. The van der Waals surface area contributed by atoms with Gasteiger partial charge in [0, 0.05) is 32.7 Å². The lowest BCUT2D eigenvalue weighted by atomic mass is 9.84. The van der Waals surface area contributed by atoms with Crippen LogP contribution in [-0.4, -0.2) is 37.6 Å². The molecule has 110 valence electrons. The van der Waals surface area contributed by atoms with Gasteiger partial charge in [-0.15, -0.1) is 0 Å². The molecule has 1 aliphatic carbocycles. The van der Waals surface area contributed by atoms with Crippen LogP contribution in [0.5, 0.6) is 0 Å². The lowest BCUT2D eigenvalue weighted by molar-refractivity contribution is 0.205. The number of hydrogen-bond acceptors (Lipinski definition) is 2. The van der Waals surface area contributed by atoms with Crippen LogP contribution in [0.25, 0.3) is 0 Å². The number of halogens is 1. The Morgan fingerprint density at radius 2 is 1.75 bits per heavy atom. The van der Waals surface area contributed by atoms with E-state index >= 15 is 0 Å². The van der Waals surface area contributed by atoms with Crippen molar-refractivity contribution in [2.75, 3.05) is 32.7 Å². The van der Waals surface area contributed by atoms with Crippen LogP contribution in [0.15, 0.2) is 24.3 Å². The zero-order valence-corrected chi connectivity index (χ0v) is 12.2. The molecule has 3 heteroatoms. The van der Waals surface area contributed by atoms with E-state index in [1.165, 1.54) is 31.2 Å². The van der Waals surface area contributed by atoms with Gasteiger partial charge in [-0.1, -0.05) is 25.0 Å². The summed E-state index contributed by atoms with van der Waals surface area (Å²) in [6.45, 7) is 5.62. The smallest absolute Gasteiger partial charge is 0.123 e. The van der Waals surface area contributed by atoms with E-state index in [4.69, 9.17) is 0 Å². The molecule has 0 radical (unpaired) electrons. The number of piperazine rings is 1. The van der Waals surface area contributed by atoms with Crippen LogP contribution in [0.2, 0.25) is 0 Å². The maximum absolute atomic E-state index is 13.2. The Hall–Kier alpha value is -0.930. The van der Waals surface area contributed by atoms with Gasteiger partial charge >= 0.3 is 0 Å². The van der Waals surface area contributed by atoms with Crippen molar-refractivity contribution in [1.29, 1.82) is 0 Å². The molecule has 1 aromatic rings. The highest BCUT2D eigenvalue weighted by Crippen LogP contribution is 2.37. The van der Waals surface area contributed by atoms with Crippen molar-refractivity contribution in [3.05, 3.63) is 35.6 Å². The first-order valence-electron chi connectivity index (χ1n) is 8.01. The summed E-state index contributed by atoms with van der Waals surface area (Å²) in [5.41, 5.74) is 1.33. The van der Waals surface area contributed by atoms with E-state index in [0.29, 0.717) is 5.92 Å². The van der Waals surface area contributed by atoms with Crippen LogP contribution < -0.4 is 5.32 Å². The van der Waals surface area contributed by atoms with Gasteiger partial charge in [-0.25, -0.2) is 4.39 Å². The van der Waals surface area contributed by atoms with Crippen LogP contribution in [0.4, 0.5) is 4.39 Å². The van der Waals surface area contributed by atoms with Gasteiger partial charge in [-0.05, 0) is 42.4 Å². The molecule has 0 aromatic heterocycles. The molecule has 2 aliphatic rings. The van der Waals surface area contributed by atoms with E-state index in [2.05, 4.69) is 10.2 Å². The number of benzene rings is 1. The van der Waals surface area contributed by atoms with Crippen LogP contribution >= 0.6 is 0 Å². The molecule has 1 N–H and O–H groups in total. The van der Waals surface area contributed by atoms with Crippen molar-refractivity contribution in [2.24, 2.45) is 5.92 Å². The zero-order valence-electron chi connectivity index (χ0n) is 12.2. The van der Waals surface area contributed by atoms with E-state index in [-0.39, 0.29) is 5.82 Å². The second kappa shape index (κ2) is 6.68. The normalized spacial score (nSPS) is 23.1. The van der Waals surface area contributed by atoms with Crippen molar-refractivity contribution in [3.8, 4) is 0 Å². The quantitative estimate of drug-likeness (QED) is 0.909. The predicted octanol–water partition coefficient (Wildman–Crippen LogP) is 3.00. The van der Waals surface area contributed by atoms with Crippen LogP contribution in [0.3, 0.4) is 0 Å². The summed E-state index contributed by atoms with van der Waals surface area (Å²) in [7, 11) is 0. The van der Waals surface area contributed by atoms with Gasteiger partial charge in [-0.2, -0.15) is 0 Å². The summed E-state index contributed by atoms with van der Waals surface area (Å²) in [4.78, 5) is 2.57. The molecule has 20 heavy (non-hydrogen) atoms. The van der Waals surface area contributed by atoms with Crippen LogP contribution in [-0.2, 0) is 0 Å². The third-order valence-electron chi connectivity index (χ3n) is 4.93. The van der Waals surface area contributed by atoms with Gasteiger partial charge in [0.1, 0.15) is 5.82 Å². The van der Waals surface area contributed by atoms with Crippen molar-refractivity contribution in [1.82, 2.24) is 10.2 Å². The minimum Gasteiger partial charge on any atom is -0.314 e. The number of nitrogens with zero attached hydrogens (tertiary/aromatic N) is 1. The van der Waals surface area contributed by atoms with Gasteiger partial charge in [-0.3, -0.25) is 0 Å². The maximum atomic E-state index is 13.2. The van der Waals surface area contributed by atoms with Crippen molar-refractivity contribution < 1.29 is 4.39 Å². The van der Waals surface area contributed by atoms with E-state index in [1.54, 1.807) is 12.1 Å². The van der Waals surface area contributed by atoms with Gasteiger partial charge in [0.15, 0.2) is 0 Å². The third-order valence-corrected chi connectivity index (χ3v) is 4.93. The number of rotatable bonds is 4. The molecule has 1 unspecified atom stereocenters. The van der Waals surface area contributed by atoms with Crippen molar-refractivity contribution in [2.45, 2.75) is 31.6 Å². The standard InChI is InChI=1S/C17H25FN2/c18-16-7-5-15(6-8-16)17(14-3-1-2-4-14)13-20-11-9-19-10-12-20/h5-8,14,17,19H,1-4,9-13H2. The fraction of sp³-hybridized carbons (Fsp3) is 0.647. The number of hydrogen-bond donors (Lipinski definition) is 1. The highest BCUT2D eigenvalue weighted by Gasteiger charge is 2.28. The third kappa shape index (κ3) is 3.39. The highest BCUT2D eigenvalue weighted by atomic mass is 19.1. The van der Waals surface area contributed by atoms with Crippen molar-refractivity contribution in [3.63, 3.8) is 0 Å². The molecule has 1 atom stereocenters. The highest BCUT2D eigenvalue weighted by molar-refractivity contribution is 5.22. The average molecular weight is 276 g/mol. The molecule has 1 saturated carbocycles. The summed E-state index contributed by atoms with van der Waals surface area (Å²) >= 11 is 0. The minimum atomic E-state index is -0.124. The Balaban J connectivity index is 1.73. The first-order valence-corrected chi connectivity index (χ1v) is 8.01. The topological polar surface area (TPSA) is 15.3 Å². The molecule has 2 nitrogen and oxygen atoms in total. The monoisotopic (exact) mass is 276 g/mol. The lowest BCUT2D eigenvalue weighted by Gasteiger charge is -2.33. The second-order valence-corrected chi connectivity index (χ2v) is 6.25. The van der Waals surface area contributed by atoms with E-state index in [9.17, 15) is 4.39 Å². The van der Waals surface area contributed by atoms with Gasteiger partial charge in [0.2, 0.25) is 0 Å². The largest absolute Gasteiger partial charge is 0.314 e. The average Bonchev–Trinajstić information content (AvgIpc) is 3.01. The maximum Gasteiger partial charge on any atom is 0.123 e. The van der Waals surface area contributed by atoms with E-state index < -0.39 is 0 Å². The molecule has 0 bridgehead atoms. The lowest BCUT2D eigenvalue weighted by Crippen LogP contribution is -2.45. The molecular formula is C17H25FN2. The Kier molecular flexibility index (Phi) is 4.69. The van der Waals surface area contributed by atoms with Crippen LogP contribution in [0, 0.1) is 11.7 Å². The zero-order chi connectivity index (χ0) is 13.8. The molecule has 0 amide bonds. The van der Waals surface area contributed by atoms with Gasteiger partial charge < -0.3 is 10.2 Å². The van der Waals surface area contributed by atoms with Gasteiger partial charge in [0.25, 0.3) is 0 Å². The van der Waals surface area contributed by atoms with E-state index in [0.717, 1.165) is 38.6 Å². The second-order valence-electron chi connectivity index (χ2n) is 6.25. The Bertz CT molecular complexity index is 406. The molecule has 3 rings (SSSR count). The molecule has 1 heterocycles. The molecular weight excluding hydrogens is 251 g/mol. The first kappa shape index (κ1) is 14.0. The first-order chi connectivity index (χ1) is 9.83. The Morgan fingerprint density at radius 3 is 2.40 bits per heavy atom. The van der Waals surface area contributed by atoms with Crippen molar-refractivity contribution >= 4 is 0 Å². The summed E-state index contributed by atoms with van der Waals surface area (Å²) in [5, 5.41) is 3.41. The molecule has 2 fully saturated rings. The summed E-state index contributed by atoms with van der Waals surface area (Å²) in [6, 6.07) is 7.24. The Labute approximate surface area is 121 Å². The summed E-state index contributed by atoms with van der Waals surface area (Å²) in [5.74, 6) is 1.24. The minimum absolute atomic E-state index is 0.124. The fourth-order valence-corrected chi connectivity index (χ4v) is 3.77. The summed E-state index contributed by atoms with van der Waals surface area (Å²) < 4.78 is 13.2. The molecule has 0 spiro atoms. The van der Waals surface area contributed by atoms with Gasteiger partial charge in [0.05, 0.1) is 0 Å². The Morgan fingerprint density at radius 1 is 1.10 bits per heavy atom. The molecule has 1 aromatic carbocycles. The van der Waals surface area contributed by atoms with Crippen LogP contribution in [0.1, 0.15) is 37.2 Å². The van der Waals surface area contributed by atoms with E-state index in [1.807, 2.05) is 12.1 Å². The predicted molar refractivity (Wildman–Crippen MR) is 80.4 cm³/mol. The molecule has 1 saturated heterocycles. The number of nitrogens with one attached hydrogen (secondary N) is 1.